The third kappa shape index (κ3) is 3.97. The zero-order valence-electron chi connectivity index (χ0n) is 13.7. The average molecular weight is 328 g/mol. The molecule has 0 bridgehead atoms. The fraction of sp³-hybridized carbons (Fsp3) is 0.733. The van der Waals surface area contributed by atoms with Crippen molar-refractivity contribution >= 4 is 17.4 Å². The van der Waals surface area contributed by atoms with Crippen molar-refractivity contribution in [3.63, 3.8) is 0 Å². The molecule has 1 aliphatic heterocycles. The molecule has 1 aromatic heterocycles. The number of ether oxygens (including phenoxy) is 2. The summed E-state index contributed by atoms with van der Waals surface area (Å²) in [6.45, 7) is 9.52. The number of thiazole rings is 1. The molecular formula is C15H24N2O4S. The highest BCUT2D eigenvalue weighted by molar-refractivity contribution is 7.09. The lowest BCUT2D eigenvalue weighted by Gasteiger charge is -2.35. The summed E-state index contributed by atoms with van der Waals surface area (Å²) in [7, 11) is 0. The normalized spacial score (nSPS) is 22.6. The van der Waals surface area contributed by atoms with Crippen LogP contribution in [-0.2, 0) is 9.47 Å². The number of carbonyl (C=O) groups excluding carboxylic acids is 1. The molecule has 6 nitrogen and oxygen atoms in total. The number of aliphatic hydroxyl groups is 1. The van der Waals surface area contributed by atoms with Crippen molar-refractivity contribution in [1.29, 1.82) is 0 Å². The van der Waals surface area contributed by atoms with Crippen LogP contribution in [0.25, 0.3) is 0 Å². The fourth-order valence-corrected chi connectivity index (χ4v) is 3.12. The van der Waals surface area contributed by atoms with Crippen LogP contribution in [-0.4, -0.2) is 45.1 Å². The quantitative estimate of drug-likeness (QED) is 0.923. The molecule has 2 heterocycles. The molecule has 2 rings (SSSR count). The number of aromatic nitrogens is 1. The summed E-state index contributed by atoms with van der Waals surface area (Å²) in [6.07, 6.45) is 0.954. The Kier molecular flexibility index (Phi) is 4.79. The summed E-state index contributed by atoms with van der Waals surface area (Å²) in [6, 6.07) is -0.234. The minimum absolute atomic E-state index is 0.234. The molecule has 1 aromatic rings. The SMILES string of the molecule is CC(C)(C)OC(=O)N1C(CC(O)c2cncs2)COC1(C)C. The van der Waals surface area contributed by atoms with E-state index in [1.807, 2.05) is 34.6 Å². The molecule has 2 atom stereocenters. The average Bonchev–Trinajstić information content (AvgIpc) is 2.94. The second-order valence-electron chi connectivity index (χ2n) is 6.92. The van der Waals surface area contributed by atoms with E-state index < -0.39 is 23.5 Å². The highest BCUT2D eigenvalue weighted by atomic mass is 32.1. The van der Waals surface area contributed by atoms with E-state index in [9.17, 15) is 9.90 Å². The van der Waals surface area contributed by atoms with Crippen molar-refractivity contribution in [2.24, 2.45) is 0 Å². The van der Waals surface area contributed by atoms with Crippen molar-refractivity contribution in [2.45, 2.75) is 64.5 Å². The summed E-state index contributed by atoms with van der Waals surface area (Å²) in [5.41, 5.74) is 0.357. The maximum Gasteiger partial charge on any atom is 0.412 e. The molecule has 1 saturated heterocycles. The van der Waals surface area contributed by atoms with Crippen LogP contribution in [0, 0.1) is 0 Å². The van der Waals surface area contributed by atoms with Crippen LogP contribution >= 0.6 is 11.3 Å². The van der Waals surface area contributed by atoms with Gasteiger partial charge in [0, 0.05) is 12.6 Å². The zero-order valence-corrected chi connectivity index (χ0v) is 14.5. The fourth-order valence-electron chi connectivity index (χ4n) is 2.50. The van der Waals surface area contributed by atoms with Gasteiger partial charge in [-0.25, -0.2) is 4.79 Å². The van der Waals surface area contributed by atoms with Gasteiger partial charge in [-0.3, -0.25) is 9.88 Å². The molecule has 0 aromatic carbocycles. The Hall–Kier alpha value is -1.18. The second-order valence-corrected chi connectivity index (χ2v) is 7.84. The van der Waals surface area contributed by atoms with Crippen molar-refractivity contribution < 1.29 is 19.4 Å². The van der Waals surface area contributed by atoms with Gasteiger partial charge in [-0.05, 0) is 34.6 Å². The Morgan fingerprint density at radius 1 is 1.64 bits per heavy atom. The number of aliphatic hydroxyl groups excluding tert-OH is 1. The van der Waals surface area contributed by atoms with Crippen LogP contribution in [0.15, 0.2) is 11.7 Å². The molecule has 0 aliphatic carbocycles. The van der Waals surface area contributed by atoms with Crippen molar-refractivity contribution in [2.75, 3.05) is 6.61 Å². The van der Waals surface area contributed by atoms with Crippen molar-refractivity contribution in [3.8, 4) is 0 Å². The van der Waals surface area contributed by atoms with E-state index in [2.05, 4.69) is 4.98 Å². The molecule has 124 valence electrons. The van der Waals surface area contributed by atoms with Crippen LogP contribution in [0.4, 0.5) is 4.79 Å². The van der Waals surface area contributed by atoms with Gasteiger partial charge in [-0.15, -0.1) is 11.3 Å². The first-order chi connectivity index (χ1) is 10.1. The second kappa shape index (κ2) is 6.14. The van der Waals surface area contributed by atoms with Gasteiger partial charge in [-0.2, -0.15) is 0 Å². The highest BCUT2D eigenvalue weighted by Crippen LogP contribution is 2.34. The monoisotopic (exact) mass is 328 g/mol. The van der Waals surface area contributed by atoms with Crippen LogP contribution in [0.1, 0.15) is 52.0 Å². The Balaban J connectivity index is 2.11. The smallest absolute Gasteiger partial charge is 0.412 e. The Morgan fingerprint density at radius 3 is 2.86 bits per heavy atom. The van der Waals surface area contributed by atoms with Gasteiger partial charge in [0.05, 0.1) is 29.1 Å². The van der Waals surface area contributed by atoms with E-state index >= 15 is 0 Å². The van der Waals surface area contributed by atoms with Gasteiger partial charge < -0.3 is 14.6 Å². The lowest BCUT2D eigenvalue weighted by atomic mass is 10.1. The van der Waals surface area contributed by atoms with Gasteiger partial charge in [0.2, 0.25) is 0 Å². The van der Waals surface area contributed by atoms with Gasteiger partial charge in [-0.1, -0.05) is 0 Å². The van der Waals surface area contributed by atoms with Crippen molar-refractivity contribution in [3.05, 3.63) is 16.6 Å². The van der Waals surface area contributed by atoms with Crippen molar-refractivity contribution in [1.82, 2.24) is 9.88 Å². The molecule has 1 aliphatic rings. The molecule has 1 N–H and O–H groups in total. The number of rotatable bonds is 3. The molecule has 0 radical (unpaired) electrons. The molecule has 7 heteroatoms. The first kappa shape index (κ1) is 17.2. The zero-order chi connectivity index (χ0) is 16.5. The number of amides is 1. The van der Waals surface area contributed by atoms with E-state index in [4.69, 9.17) is 9.47 Å². The van der Waals surface area contributed by atoms with Crippen LogP contribution in [0.5, 0.6) is 0 Å². The summed E-state index contributed by atoms with van der Waals surface area (Å²) in [5, 5.41) is 10.3. The molecule has 0 spiro atoms. The Labute approximate surface area is 135 Å². The van der Waals surface area contributed by atoms with Crippen LogP contribution in [0.2, 0.25) is 0 Å². The first-order valence-electron chi connectivity index (χ1n) is 7.33. The Bertz CT molecular complexity index is 510. The minimum atomic E-state index is -0.750. The lowest BCUT2D eigenvalue weighted by Crippen LogP contribution is -2.50. The number of carbonyl (C=O) groups is 1. The van der Waals surface area contributed by atoms with Crippen LogP contribution in [0.3, 0.4) is 0 Å². The molecular weight excluding hydrogens is 304 g/mol. The third-order valence-electron chi connectivity index (χ3n) is 3.44. The number of hydrogen-bond donors (Lipinski definition) is 1. The van der Waals surface area contributed by atoms with E-state index in [-0.39, 0.29) is 6.04 Å². The number of nitrogens with zero attached hydrogens (tertiary/aromatic N) is 2. The summed E-state index contributed by atoms with van der Waals surface area (Å²) >= 11 is 1.40. The lowest BCUT2D eigenvalue weighted by molar-refractivity contribution is -0.0637. The van der Waals surface area contributed by atoms with E-state index in [1.54, 1.807) is 16.6 Å². The standard InChI is InChI=1S/C15H24N2O4S/c1-14(2,3)21-13(19)17-10(8-20-15(17,4)5)6-11(18)12-7-16-9-22-12/h7,9-11,18H,6,8H2,1-5H3. The van der Waals surface area contributed by atoms with Gasteiger partial charge in [0.25, 0.3) is 0 Å². The molecule has 1 fully saturated rings. The maximum atomic E-state index is 12.5. The minimum Gasteiger partial charge on any atom is -0.444 e. The number of hydrogen-bond acceptors (Lipinski definition) is 6. The van der Waals surface area contributed by atoms with E-state index in [0.717, 1.165) is 4.88 Å². The largest absolute Gasteiger partial charge is 0.444 e. The molecule has 0 saturated carbocycles. The Morgan fingerprint density at radius 2 is 2.32 bits per heavy atom. The van der Waals surface area contributed by atoms with Gasteiger partial charge in [0.1, 0.15) is 11.3 Å². The molecule has 1 amide bonds. The predicted octanol–water partition coefficient (Wildman–Crippen LogP) is 2.94. The summed E-state index contributed by atoms with van der Waals surface area (Å²) < 4.78 is 11.2. The highest BCUT2D eigenvalue weighted by Gasteiger charge is 2.46. The third-order valence-corrected chi connectivity index (χ3v) is 4.32. The first-order valence-corrected chi connectivity index (χ1v) is 8.21. The van der Waals surface area contributed by atoms with E-state index in [0.29, 0.717) is 13.0 Å². The van der Waals surface area contributed by atoms with Gasteiger partial charge in [0.15, 0.2) is 0 Å². The van der Waals surface area contributed by atoms with Crippen LogP contribution < -0.4 is 0 Å². The topological polar surface area (TPSA) is 71.9 Å². The maximum absolute atomic E-state index is 12.5. The van der Waals surface area contributed by atoms with E-state index in [1.165, 1.54) is 11.3 Å². The summed E-state index contributed by atoms with van der Waals surface area (Å²) in [5.74, 6) is 0. The predicted molar refractivity (Wildman–Crippen MR) is 83.6 cm³/mol. The molecule has 22 heavy (non-hydrogen) atoms. The van der Waals surface area contributed by atoms with Gasteiger partial charge >= 0.3 is 6.09 Å². The molecule has 2 unspecified atom stereocenters. The summed E-state index contributed by atoms with van der Waals surface area (Å²) in [4.78, 5) is 18.8.